The Morgan fingerprint density at radius 3 is 1.29 bits per heavy atom. The lowest BCUT2D eigenvalue weighted by Gasteiger charge is -2.35. The van der Waals surface area contributed by atoms with Crippen molar-refractivity contribution in [2.75, 3.05) is 13.1 Å². The maximum Gasteiger partial charge on any atom is 0.103 e. The standard InChI is InChI=1S/C26H52N2/c1-5-7-9-10-11-12-13-14-15-16-17-18-19-20-22-28-24-23-27(21-8-6-2)26(28)25(3)4/h23-26H,5-22H2,1-4H3. The highest BCUT2D eigenvalue weighted by atomic mass is 15.4. The van der Waals surface area contributed by atoms with E-state index >= 15 is 0 Å². The molecule has 2 nitrogen and oxygen atoms in total. The molecule has 0 saturated carbocycles. The van der Waals surface area contributed by atoms with Crippen LogP contribution in [0.5, 0.6) is 0 Å². The van der Waals surface area contributed by atoms with Crippen molar-refractivity contribution < 1.29 is 0 Å². The van der Waals surface area contributed by atoms with Crippen LogP contribution in [0.4, 0.5) is 0 Å². The van der Waals surface area contributed by atoms with Crippen LogP contribution in [0, 0.1) is 5.92 Å². The molecule has 0 radical (unpaired) electrons. The van der Waals surface area contributed by atoms with Crippen molar-refractivity contribution in [2.24, 2.45) is 5.92 Å². The molecule has 2 heteroatoms. The van der Waals surface area contributed by atoms with Gasteiger partial charge in [0.05, 0.1) is 0 Å². The summed E-state index contributed by atoms with van der Waals surface area (Å²) in [5.41, 5.74) is 0. The SMILES string of the molecule is CCCCCCCCCCCCCCCCN1C=CN(CCCC)C1C(C)C. The van der Waals surface area contributed by atoms with Crippen LogP contribution >= 0.6 is 0 Å². The second-order valence-electron chi connectivity index (χ2n) is 9.38. The lowest BCUT2D eigenvalue weighted by atomic mass is 10.0. The van der Waals surface area contributed by atoms with Gasteiger partial charge in [0.1, 0.15) is 6.17 Å². The number of hydrogen-bond acceptors (Lipinski definition) is 2. The normalized spacial score (nSPS) is 16.7. The van der Waals surface area contributed by atoms with E-state index in [2.05, 4.69) is 49.9 Å². The Hall–Kier alpha value is -0.660. The molecule has 28 heavy (non-hydrogen) atoms. The Kier molecular flexibility index (Phi) is 15.6. The van der Waals surface area contributed by atoms with Gasteiger partial charge in [-0.1, -0.05) is 118 Å². The highest BCUT2D eigenvalue weighted by Gasteiger charge is 2.27. The Morgan fingerprint density at radius 2 is 0.893 bits per heavy atom. The molecular weight excluding hydrogens is 340 g/mol. The van der Waals surface area contributed by atoms with Gasteiger partial charge in [-0.25, -0.2) is 0 Å². The van der Waals surface area contributed by atoms with Gasteiger partial charge < -0.3 is 9.80 Å². The zero-order valence-electron chi connectivity index (χ0n) is 19.9. The molecule has 0 spiro atoms. The van der Waals surface area contributed by atoms with Gasteiger partial charge in [0.25, 0.3) is 0 Å². The van der Waals surface area contributed by atoms with E-state index in [9.17, 15) is 0 Å². The van der Waals surface area contributed by atoms with Crippen LogP contribution in [-0.2, 0) is 0 Å². The summed E-state index contributed by atoms with van der Waals surface area (Å²) in [5, 5.41) is 0. The molecule has 166 valence electrons. The summed E-state index contributed by atoms with van der Waals surface area (Å²) < 4.78 is 0. The minimum absolute atomic E-state index is 0.591. The fourth-order valence-electron chi connectivity index (χ4n) is 4.55. The monoisotopic (exact) mass is 392 g/mol. The van der Waals surface area contributed by atoms with Crippen molar-refractivity contribution in [2.45, 2.75) is 137 Å². The molecule has 0 saturated heterocycles. The van der Waals surface area contributed by atoms with Crippen molar-refractivity contribution in [3.8, 4) is 0 Å². The van der Waals surface area contributed by atoms with Crippen LogP contribution in [0.25, 0.3) is 0 Å². The molecule has 1 heterocycles. The zero-order chi connectivity index (χ0) is 20.5. The van der Waals surface area contributed by atoms with Gasteiger partial charge in [-0.05, 0) is 18.8 Å². The second-order valence-corrected chi connectivity index (χ2v) is 9.38. The summed E-state index contributed by atoms with van der Waals surface area (Å²) in [6.07, 6.45) is 28.0. The maximum absolute atomic E-state index is 2.60. The third-order valence-corrected chi connectivity index (χ3v) is 6.27. The van der Waals surface area contributed by atoms with Crippen LogP contribution < -0.4 is 0 Å². The summed E-state index contributed by atoms with van der Waals surface area (Å²) in [6.45, 7) is 11.8. The molecule has 0 amide bonds. The van der Waals surface area contributed by atoms with Crippen molar-refractivity contribution in [3.05, 3.63) is 12.4 Å². The van der Waals surface area contributed by atoms with Gasteiger partial charge in [-0.2, -0.15) is 0 Å². The van der Waals surface area contributed by atoms with E-state index in [0.717, 1.165) is 0 Å². The first-order valence-corrected chi connectivity index (χ1v) is 12.9. The largest absolute Gasteiger partial charge is 0.356 e. The number of rotatable bonds is 19. The van der Waals surface area contributed by atoms with Gasteiger partial charge in [-0.15, -0.1) is 0 Å². The third kappa shape index (κ3) is 11.4. The Balaban J connectivity index is 1.95. The summed E-state index contributed by atoms with van der Waals surface area (Å²) in [7, 11) is 0. The minimum atomic E-state index is 0.591. The zero-order valence-corrected chi connectivity index (χ0v) is 19.9. The number of hydrogen-bond donors (Lipinski definition) is 0. The van der Waals surface area contributed by atoms with Gasteiger partial charge in [0.2, 0.25) is 0 Å². The molecule has 1 aliphatic heterocycles. The Bertz CT molecular complexity index is 363. The van der Waals surface area contributed by atoms with E-state index in [4.69, 9.17) is 0 Å². The first-order chi connectivity index (χ1) is 13.7. The smallest absolute Gasteiger partial charge is 0.103 e. The van der Waals surface area contributed by atoms with E-state index < -0.39 is 0 Å². The lowest BCUT2D eigenvalue weighted by molar-refractivity contribution is 0.104. The molecule has 1 rings (SSSR count). The van der Waals surface area contributed by atoms with Crippen LogP contribution in [0.1, 0.15) is 130 Å². The molecule has 0 N–H and O–H groups in total. The van der Waals surface area contributed by atoms with Gasteiger partial charge in [-0.3, -0.25) is 0 Å². The van der Waals surface area contributed by atoms with Crippen LogP contribution in [0.3, 0.4) is 0 Å². The van der Waals surface area contributed by atoms with E-state index in [-0.39, 0.29) is 0 Å². The number of unbranched alkanes of at least 4 members (excludes halogenated alkanes) is 14. The second kappa shape index (κ2) is 17.2. The fraction of sp³-hybridized carbons (Fsp3) is 0.923. The average Bonchev–Trinajstić information content (AvgIpc) is 3.09. The fourth-order valence-corrected chi connectivity index (χ4v) is 4.55. The van der Waals surface area contributed by atoms with E-state index in [1.807, 2.05) is 0 Å². The predicted molar refractivity (Wildman–Crippen MR) is 126 cm³/mol. The summed E-state index contributed by atoms with van der Waals surface area (Å²) in [4.78, 5) is 5.17. The van der Waals surface area contributed by atoms with E-state index in [1.54, 1.807) is 0 Å². The molecule has 1 atom stereocenters. The van der Waals surface area contributed by atoms with Gasteiger partial charge in [0.15, 0.2) is 0 Å². The number of nitrogens with zero attached hydrogens (tertiary/aromatic N) is 2. The molecule has 0 aromatic heterocycles. The quantitative estimate of drug-likeness (QED) is 0.204. The molecule has 1 unspecified atom stereocenters. The van der Waals surface area contributed by atoms with Crippen LogP contribution in [0.2, 0.25) is 0 Å². The van der Waals surface area contributed by atoms with Crippen LogP contribution in [0.15, 0.2) is 12.4 Å². The molecule has 0 fully saturated rings. The van der Waals surface area contributed by atoms with Crippen molar-refractivity contribution in [1.29, 1.82) is 0 Å². The predicted octanol–water partition coefficient (Wildman–Crippen LogP) is 8.34. The van der Waals surface area contributed by atoms with E-state index in [1.165, 1.54) is 116 Å². The first-order valence-electron chi connectivity index (χ1n) is 12.9. The molecule has 1 aliphatic rings. The molecule has 0 aromatic carbocycles. The highest BCUT2D eigenvalue weighted by Crippen LogP contribution is 2.24. The lowest BCUT2D eigenvalue weighted by Crippen LogP contribution is -2.43. The molecule has 0 aliphatic carbocycles. The topological polar surface area (TPSA) is 6.48 Å². The highest BCUT2D eigenvalue weighted by molar-refractivity contribution is 4.98. The van der Waals surface area contributed by atoms with E-state index in [0.29, 0.717) is 12.1 Å². The van der Waals surface area contributed by atoms with Crippen LogP contribution in [-0.4, -0.2) is 29.1 Å². The summed E-state index contributed by atoms with van der Waals surface area (Å²) in [6, 6.07) is 0. The maximum atomic E-state index is 2.60. The molecular formula is C26H52N2. The third-order valence-electron chi connectivity index (χ3n) is 6.27. The summed E-state index contributed by atoms with van der Waals surface area (Å²) >= 11 is 0. The summed E-state index contributed by atoms with van der Waals surface area (Å²) in [5.74, 6) is 0.693. The first kappa shape index (κ1) is 25.4. The van der Waals surface area contributed by atoms with Gasteiger partial charge >= 0.3 is 0 Å². The Labute approximate surface area is 178 Å². The Morgan fingerprint density at radius 1 is 0.536 bits per heavy atom. The molecule has 0 bridgehead atoms. The molecule has 0 aromatic rings. The van der Waals surface area contributed by atoms with Gasteiger partial charge in [0, 0.05) is 25.5 Å². The van der Waals surface area contributed by atoms with Crippen molar-refractivity contribution in [1.82, 2.24) is 9.80 Å². The van der Waals surface area contributed by atoms with Crippen molar-refractivity contribution >= 4 is 0 Å². The van der Waals surface area contributed by atoms with Crippen molar-refractivity contribution in [3.63, 3.8) is 0 Å². The average molecular weight is 393 g/mol. The minimum Gasteiger partial charge on any atom is -0.356 e.